The van der Waals surface area contributed by atoms with Crippen LogP contribution in [0.3, 0.4) is 0 Å². The number of rotatable bonds is 5. The van der Waals surface area contributed by atoms with Crippen LogP contribution in [0.2, 0.25) is 0 Å². The van der Waals surface area contributed by atoms with Crippen LogP contribution in [-0.4, -0.2) is 25.2 Å². The number of aryl methyl sites for hydroxylation is 1. The minimum absolute atomic E-state index is 0.169. The van der Waals surface area contributed by atoms with Crippen molar-refractivity contribution in [3.63, 3.8) is 0 Å². The van der Waals surface area contributed by atoms with E-state index in [1.165, 1.54) is 4.57 Å². The molecule has 22 heavy (non-hydrogen) atoms. The minimum atomic E-state index is -0.329. The monoisotopic (exact) mass is 307 g/mol. The highest BCUT2D eigenvalue weighted by molar-refractivity contribution is 5.71. The van der Waals surface area contributed by atoms with Crippen molar-refractivity contribution < 1.29 is 0 Å². The maximum atomic E-state index is 12.7. The summed E-state index contributed by atoms with van der Waals surface area (Å²) in [6.07, 6.45) is 0. The molecule has 2 aromatic heterocycles. The molecule has 0 aromatic carbocycles. The van der Waals surface area contributed by atoms with E-state index in [4.69, 9.17) is 5.73 Å². The molecular formula is C15H25N5O2. The second-order valence-electron chi connectivity index (χ2n) is 6.39. The van der Waals surface area contributed by atoms with Gasteiger partial charge in [0, 0.05) is 32.6 Å². The molecule has 0 radical (unpaired) electrons. The molecule has 0 spiro atoms. The Labute approximate surface area is 129 Å². The molecule has 2 rings (SSSR count). The van der Waals surface area contributed by atoms with Crippen LogP contribution in [0, 0.1) is 5.92 Å². The zero-order chi connectivity index (χ0) is 16.6. The lowest BCUT2D eigenvalue weighted by Gasteiger charge is -2.12. The molecule has 2 N–H and O–H groups in total. The Hall–Kier alpha value is -1.89. The lowest BCUT2D eigenvalue weighted by atomic mass is 10.2. The lowest BCUT2D eigenvalue weighted by molar-refractivity contribution is 0.488. The van der Waals surface area contributed by atoms with Gasteiger partial charge in [0.2, 0.25) is 0 Å². The van der Waals surface area contributed by atoms with Crippen LogP contribution in [0.5, 0.6) is 0 Å². The van der Waals surface area contributed by atoms with Gasteiger partial charge in [0.1, 0.15) is 5.82 Å². The summed E-state index contributed by atoms with van der Waals surface area (Å²) in [6, 6.07) is 0. The third-order valence-corrected chi connectivity index (χ3v) is 3.69. The highest BCUT2D eigenvalue weighted by Gasteiger charge is 2.21. The Morgan fingerprint density at radius 1 is 1.14 bits per heavy atom. The van der Waals surface area contributed by atoms with Gasteiger partial charge >= 0.3 is 5.69 Å². The number of imidazole rings is 1. The Bertz CT molecular complexity index is 795. The zero-order valence-corrected chi connectivity index (χ0v) is 14.0. The average molecular weight is 307 g/mol. The number of nitrogens with two attached hydrogens (primary N) is 1. The summed E-state index contributed by atoms with van der Waals surface area (Å²) in [6.45, 7) is 9.08. The molecule has 2 heterocycles. The fraction of sp³-hybridized carbons (Fsp3) is 0.667. The summed E-state index contributed by atoms with van der Waals surface area (Å²) in [4.78, 5) is 29.9. The molecule has 0 atom stereocenters. The van der Waals surface area contributed by atoms with E-state index < -0.39 is 0 Å². The quantitative estimate of drug-likeness (QED) is 0.878. The van der Waals surface area contributed by atoms with Crippen molar-refractivity contribution in [3.05, 3.63) is 26.7 Å². The molecule has 0 bridgehead atoms. The number of nitrogens with zero attached hydrogens (tertiary/aromatic N) is 4. The third-order valence-electron chi connectivity index (χ3n) is 3.69. The van der Waals surface area contributed by atoms with Crippen LogP contribution >= 0.6 is 0 Å². The van der Waals surface area contributed by atoms with Gasteiger partial charge in [0.05, 0.1) is 0 Å². The van der Waals surface area contributed by atoms with E-state index in [0.717, 1.165) is 5.82 Å². The lowest BCUT2D eigenvalue weighted by Crippen LogP contribution is -2.42. The molecule has 122 valence electrons. The first-order valence-corrected chi connectivity index (χ1v) is 7.69. The summed E-state index contributed by atoms with van der Waals surface area (Å²) in [5.41, 5.74) is 5.86. The summed E-state index contributed by atoms with van der Waals surface area (Å²) in [5.74, 6) is 1.24. The predicted octanol–water partition coefficient (Wildman–Crippen LogP) is 0.635. The van der Waals surface area contributed by atoms with Crippen molar-refractivity contribution in [2.75, 3.05) is 6.54 Å². The van der Waals surface area contributed by atoms with Crippen molar-refractivity contribution in [1.82, 2.24) is 18.7 Å². The number of hydrogen-bond acceptors (Lipinski definition) is 4. The van der Waals surface area contributed by atoms with Crippen molar-refractivity contribution in [2.45, 2.75) is 46.7 Å². The molecule has 0 aliphatic carbocycles. The van der Waals surface area contributed by atoms with Crippen molar-refractivity contribution in [3.8, 4) is 0 Å². The number of aromatic nitrogens is 4. The van der Waals surface area contributed by atoms with Gasteiger partial charge in [0.15, 0.2) is 11.2 Å². The molecule has 2 aromatic rings. The van der Waals surface area contributed by atoms with Gasteiger partial charge in [-0.3, -0.25) is 13.9 Å². The van der Waals surface area contributed by atoms with Crippen molar-refractivity contribution in [2.24, 2.45) is 18.7 Å². The Morgan fingerprint density at radius 2 is 1.77 bits per heavy atom. The van der Waals surface area contributed by atoms with Crippen LogP contribution in [0.1, 0.15) is 39.4 Å². The second-order valence-corrected chi connectivity index (χ2v) is 6.39. The molecule has 0 aliphatic rings. The normalized spacial score (nSPS) is 12.0. The smallest absolute Gasteiger partial charge is 0.329 e. The third kappa shape index (κ3) is 2.61. The topological polar surface area (TPSA) is 87.8 Å². The second kappa shape index (κ2) is 6.08. The van der Waals surface area contributed by atoms with Gasteiger partial charge in [0.25, 0.3) is 5.56 Å². The average Bonchev–Trinajstić information content (AvgIpc) is 2.77. The van der Waals surface area contributed by atoms with Crippen LogP contribution in [0.25, 0.3) is 11.2 Å². The molecular weight excluding hydrogens is 282 g/mol. The highest BCUT2D eigenvalue weighted by Crippen LogP contribution is 2.17. The van der Waals surface area contributed by atoms with E-state index in [0.29, 0.717) is 17.7 Å². The van der Waals surface area contributed by atoms with Gasteiger partial charge in [-0.2, -0.15) is 0 Å². The van der Waals surface area contributed by atoms with E-state index in [1.54, 1.807) is 9.13 Å². The van der Waals surface area contributed by atoms with Gasteiger partial charge in [-0.1, -0.05) is 27.7 Å². The summed E-state index contributed by atoms with van der Waals surface area (Å²) in [7, 11) is 1.82. The van der Waals surface area contributed by atoms with Crippen molar-refractivity contribution >= 4 is 11.2 Å². The first kappa shape index (κ1) is 16.5. The first-order chi connectivity index (χ1) is 10.3. The molecule has 0 amide bonds. The number of fused-ring (bicyclic) bond motifs is 1. The molecule has 0 fully saturated rings. The van der Waals surface area contributed by atoms with Crippen LogP contribution < -0.4 is 17.0 Å². The van der Waals surface area contributed by atoms with Crippen molar-refractivity contribution in [1.29, 1.82) is 0 Å². The van der Waals surface area contributed by atoms with E-state index in [2.05, 4.69) is 4.98 Å². The van der Waals surface area contributed by atoms with E-state index in [1.807, 2.05) is 34.7 Å². The van der Waals surface area contributed by atoms with Gasteiger partial charge in [-0.25, -0.2) is 9.78 Å². The van der Waals surface area contributed by atoms with Gasteiger partial charge < -0.3 is 10.3 Å². The number of hydrogen-bond donors (Lipinski definition) is 1. The fourth-order valence-corrected chi connectivity index (χ4v) is 2.75. The Morgan fingerprint density at radius 3 is 2.27 bits per heavy atom. The SMILES string of the molecule is CC(C)Cn1c(=O)n(CCN)c(=O)c2c1nc(C(C)C)n2C. The maximum absolute atomic E-state index is 12.7. The molecule has 0 saturated heterocycles. The summed E-state index contributed by atoms with van der Waals surface area (Å²) >= 11 is 0. The van der Waals surface area contributed by atoms with E-state index >= 15 is 0 Å². The Kier molecular flexibility index (Phi) is 4.55. The van der Waals surface area contributed by atoms with Crippen LogP contribution in [0.4, 0.5) is 0 Å². The standard InChI is InChI=1S/C15H25N5O2/c1-9(2)8-20-13-11(18(5)12(17-13)10(3)4)14(21)19(7-6-16)15(20)22/h9-10H,6-8,16H2,1-5H3. The first-order valence-electron chi connectivity index (χ1n) is 7.69. The molecule has 7 nitrogen and oxygen atoms in total. The highest BCUT2D eigenvalue weighted by atomic mass is 16.2. The van der Waals surface area contributed by atoms with Gasteiger partial charge in [-0.15, -0.1) is 0 Å². The fourth-order valence-electron chi connectivity index (χ4n) is 2.75. The molecule has 0 unspecified atom stereocenters. The summed E-state index contributed by atoms with van der Waals surface area (Å²) < 4.78 is 4.62. The van der Waals surface area contributed by atoms with E-state index in [-0.39, 0.29) is 36.2 Å². The summed E-state index contributed by atoms with van der Waals surface area (Å²) in [5, 5.41) is 0. The van der Waals surface area contributed by atoms with Crippen LogP contribution in [0.15, 0.2) is 9.59 Å². The predicted molar refractivity (Wildman–Crippen MR) is 87.2 cm³/mol. The zero-order valence-electron chi connectivity index (χ0n) is 14.0. The Balaban J connectivity index is 2.93. The van der Waals surface area contributed by atoms with E-state index in [9.17, 15) is 9.59 Å². The largest absolute Gasteiger partial charge is 0.332 e. The van der Waals surface area contributed by atoms with Crippen LogP contribution in [-0.2, 0) is 20.1 Å². The van der Waals surface area contributed by atoms with Gasteiger partial charge in [-0.05, 0) is 5.92 Å². The molecule has 7 heteroatoms. The minimum Gasteiger partial charge on any atom is -0.329 e. The maximum Gasteiger partial charge on any atom is 0.332 e. The molecule has 0 aliphatic heterocycles. The molecule has 0 saturated carbocycles.